The summed E-state index contributed by atoms with van der Waals surface area (Å²) in [5.41, 5.74) is 0.412. The van der Waals surface area contributed by atoms with E-state index < -0.39 is 29.3 Å². The number of carbonyl (C=O) groups excluding carboxylic acids is 2. The molecule has 0 aromatic heterocycles. The summed E-state index contributed by atoms with van der Waals surface area (Å²) >= 11 is 6.26. The Kier molecular flexibility index (Phi) is 7.02. The van der Waals surface area contributed by atoms with Gasteiger partial charge < -0.3 is 20.1 Å². The van der Waals surface area contributed by atoms with E-state index in [4.69, 9.17) is 26.3 Å². The molecule has 1 aliphatic carbocycles. The zero-order valence-electron chi connectivity index (χ0n) is 17.5. The van der Waals surface area contributed by atoms with Gasteiger partial charge in [0.2, 0.25) is 0 Å². The van der Waals surface area contributed by atoms with Crippen molar-refractivity contribution in [2.75, 3.05) is 11.9 Å². The fraction of sp³-hybridized carbons (Fsp3) is 0.571. The number of anilines is 1. The minimum atomic E-state index is -0.819. The Balaban J connectivity index is 2.27. The van der Waals surface area contributed by atoms with Crippen LogP contribution in [0.5, 0.6) is 0 Å². The summed E-state index contributed by atoms with van der Waals surface area (Å²) in [5, 5.41) is 15.8. The van der Waals surface area contributed by atoms with Crippen molar-refractivity contribution >= 4 is 29.4 Å². The van der Waals surface area contributed by atoms with Crippen LogP contribution in [0.25, 0.3) is 0 Å². The van der Waals surface area contributed by atoms with Crippen molar-refractivity contribution in [3.63, 3.8) is 0 Å². The molecular weight excluding hydrogens is 394 g/mol. The third-order valence-electron chi connectivity index (χ3n) is 4.86. The molecule has 7 nitrogen and oxygen atoms in total. The highest BCUT2D eigenvalue weighted by Crippen LogP contribution is 2.35. The smallest absolute Gasteiger partial charge is 0.408 e. The van der Waals surface area contributed by atoms with Crippen molar-refractivity contribution in [1.82, 2.24) is 5.32 Å². The second kappa shape index (κ2) is 8.91. The SMILES string of the molecule is CC(=O)O[C@@H]1CCC[C@@]1(CNc1ccc(C#N)c(Cl)c1C)NC(=O)OC(C)(C)C. The van der Waals surface area contributed by atoms with E-state index >= 15 is 0 Å². The maximum Gasteiger partial charge on any atom is 0.408 e. The molecule has 1 aliphatic rings. The van der Waals surface area contributed by atoms with Gasteiger partial charge in [-0.1, -0.05) is 11.6 Å². The molecular formula is C21H28ClN3O4. The second-order valence-corrected chi connectivity index (χ2v) is 8.72. The first-order valence-corrected chi connectivity index (χ1v) is 9.97. The maximum atomic E-state index is 12.5. The van der Waals surface area contributed by atoms with E-state index in [1.165, 1.54) is 6.92 Å². The molecule has 29 heavy (non-hydrogen) atoms. The lowest BCUT2D eigenvalue weighted by molar-refractivity contribution is -0.149. The van der Waals surface area contributed by atoms with E-state index in [0.29, 0.717) is 30.0 Å². The number of esters is 1. The van der Waals surface area contributed by atoms with Gasteiger partial charge >= 0.3 is 12.1 Å². The normalized spacial score (nSPS) is 21.2. The average Bonchev–Trinajstić information content (AvgIpc) is 2.96. The number of hydrogen-bond acceptors (Lipinski definition) is 6. The second-order valence-electron chi connectivity index (χ2n) is 8.34. The Bertz CT molecular complexity index is 828. The standard InChI is InChI=1S/C21H28ClN3O4/c1-13-16(9-8-15(11-23)18(13)22)24-12-21(25-19(27)29-20(3,4)5)10-6-7-17(21)28-14(2)26/h8-9,17,24H,6-7,10,12H2,1-5H3,(H,25,27)/t17-,21+/m1/s1. The molecule has 0 unspecified atom stereocenters. The molecule has 158 valence electrons. The number of nitrogens with zero attached hydrogens (tertiary/aromatic N) is 1. The molecule has 1 amide bonds. The number of carbonyl (C=O) groups is 2. The molecule has 0 heterocycles. The molecule has 0 bridgehead atoms. The number of rotatable bonds is 5. The van der Waals surface area contributed by atoms with E-state index in [1.54, 1.807) is 32.9 Å². The third-order valence-corrected chi connectivity index (χ3v) is 5.35. The minimum absolute atomic E-state index is 0.313. The highest BCUT2D eigenvalue weighted by Gasteiger charge is 2.47. The van der Waals surface area contributed by atoms with Crippen molar-refractivity contribution in [2.24, 2.45) is 0 Å². The molecule has 2 atom stereocenters. The number of nitriles is 1. The summed E-state index contributed by atoms with van der Waals surface area (Å²) in [4.78, 5) is 24.1. The number of amides is 1. The van der Waals surface area contributed by atoms with Crippen molar-refractivity contribution in [3.8, 4) is 6.07 Å². The summed E-state index contributed by atoms with van der Waals surface area (Å²) in [6.07, 6.45) is 1.02. The highest BCUT2D eigenvalue weighted by molar-refractivity contribution is 6.32. The van der Waals surface area contributed by atoms with Gasteiger partial charge in [0.1, 0.15) is 17.8 Å². The maximum absolute atomic E-state index is 12.5. The largest absolute Gasteiger partial charge is 0.460 e. The van der Waals surface area contributed by atoms with Crippen LogP contribution in [0, 0.1) is 18.3 Å². The van der Waals surface area contributed by atoms with Gasteiger partial charge in [-0.15, -0.1) is 0 Å². The molecule has 1 fully saturated rings. The zero-order valence-corrected chi connectivity index (χ0v) is 18.3. The van der Waals surface area contributed by atoms with Crippen LogP contribution in [0.4, 0.5) is 10.5 Å². The quantitative estimate of drug-likeness (QED) is 0.687. The van der Waals surface area contributed by atoms with E-state index in [2.05, 4.69) is 16.7 Å². The van der Waals surface area contributed by atoms with E-state index in [1.807, 2.05) is 6.92 Å². The van der Waals surface area contributed by atoms with Crippen LogP contribution in [0.2, 0.25) is 5.02 Å². The summed E-state index contributed by atoms with van der Waals surface area (Å²) in [6.45, 7) is 8.85. The van der Waals surface area contributed by atoms with Gasteiger partial charge in [-0.25, -0.2) is 4.79 Å². The van der Waals surface area contributed by atoms with Crippen LogP contribution in [0.3, 0.4) is 0 Å². The van der Waals surface area contributed by atoms with Crippen LogP contribution in [-0.4, -0.2) is 35.9 Å². The lowest BCUT2D eigenvalue weighted by Crippen LogP contribution is -2.59. The molecule has 2 rings (SSSR count). The highest BCUT2D eigenvalue weighted by atomic mass is 35.5. The molecule has 1 aromatic carbocycles. The molecule has 0 saturated heterocycles. The summed E-state index contributed by atoms with van der Waals surface area (Å²) in [6, 6.07) is 5.47. The van der Waals surface area contributed by atoms with Gasteiger partial charge in [-0.2, -0.15) is 5.26 Å². The Morgan fingerprint density at radius 1 is 1.38 bits per heavy atom. The molecule has 0 spiro atoms. The van der Waals surface area contributed by atoms with E-state index in [-0.39, 0.29) is 0 Å². The topological polar surface area (TPSA) is 100 Å². The van der Waals surface area contributed by atoms with Crippen LogP contribution in [-0.2, 0) is 14.3 Å². The molecule has 1 aromatic rings. The number of hydrogen-bond donors (Lipinski definition) is 2. The Hall–Kier alpha value is -2.46. The van der Waals surface area contributed by atoms with Gasteiger partial charge in [-0.3, -0.25) is 4.79 Å². The fourth-order valence-corrected chi connectivity index (χ4v) is 3.73. The van der Waals surface area contributed by atoms with Crippen molar-refractivity contribution in [2.45, 2.75) is 71.1 Å². The first kappa shape index (κ1) is 22.8. The van der Waals surface area contributed by atoms with Crippen molar-refractivity contribution in [3.05, 3.63) is 28.3 Å². The average molecular weight is 422 g/mol. The number of halogens is 1. The monoisotopic (exact) mass is 421 g/mol. The van der Waals surface area contributed by atoms with Gasteiger partial charge in [0, 0.05) is 19.2 Å². The minimum Gasteiger partial charge on any atom is -0.460 e. The molecule has 8 heteroatoms. The van der Waals surface area contributed by atoms with Crippen LogP contribution >= 0.6 is 11.6 Å². The number of ether oxygens (including phenoxy) is 2. The molecule has 0 aliphatic heterocycles. The predicted octanol–water partition coefficient (Wildman–Crippen LogP) is 4.31. The Morgan fingerprint density at radius 3 is 2.66 bits per heavy atom. The van der Waals surface area contributed by atoms with Crippen LogP contribution < -0.4 is 10.6 Å². The summed E-state index contributed by atoms with van der Waals surface area (Å²) in [7, 11) is 0. The Labute approximate surface area is 176 Å². The van der Waals surface area contributed by atoms with Crippen LogP contribution in [0.15, 0.2) is 12.1 Å². The summed E-state index contributed by atoms with van der Waals surface area (Å²) in [5.74, 6) is -0.398. The van der Waals surface area contributed by atoms with Gasteiger partial charge in [0.25, 0.3) is 0 Å². The van der Waals surface area contributed by atoms with E-state index in [0.717, 1.165) is 17.7 Å². The first-order valence-electron chi connectivity index (χ1n) is 9.59. The summed E-state index contributed by atoms with van der Waals surface area (Å²) < 4.78 is 10.9. The Morgan fingerprint density at radius 2 is 2.07 bits per heavy atom. The zero-order chi connectivity index (χ0) is 21.8. The van der Waals surface area contributed by atoms with E-state index in [9.17, 15) is 9.59 Å². The lowest BCUT2D eigenvalue weighted by Gasteiger charge is -2.37. The van der Waals surface area contributed by atoms with Crippen LogP contribution in [0.1, 0.15) is 58.1 Å². The number of nitrogens with one attached hydrogen (secondary N) is 2. The van der Waals surface area contributed by atoms with Crippen molar-refractivity contribution < 1.29 is 19.1 Å². The third kappa shape index (κ3) is 5.77. The fourth-order valence-electron chi connectivity index (χ4n) is 3.52. The van der Waals surface area contributed by atoms with Gasteiger partial charge in [-0.05, 0) is 64.7 Å². The van der Waals surface area contributed by atoms with Gasteiger partial charge in [0.15, 0.2) is 0 Å². The number of alkyl carbamates (subject to hydrolysis) is 1. The lowest BCUT2D eigenvalue weighted by atomic mass is 9.94. The number of benzene rings is 1. The predicted molar refractivity (Wildman–Crippen MR) is 111 cm³/mol. The molecule has 0 radical (unpaired) electrons. The molecule has 2 N–H and O–H groups in total. The van der Waals surface area contributed by atoms with Gasteiger partial charge in [0.05, 0.1) is 16.1 Å². The first-order chi connectivity index (χ1) is 13.5. The molecule has 1 saturated carbocycles. The van der Waals surface area contributed by atoms with Crippen molar-refractivity contribution in [1.29, 1.82) is 5.26 Å².